The van der Waals surface area contributed by atoms with Crippen LogP contribution in [0.3, 0.4) is 0 Å². The highest BCUT2D eigenvalue weighted by atomic mass is 16.2. The number of carbonyl (C=O) groups is 1. The van der Waals surface area contributed by atoms with Gasteiger partial charge in [0.15, 0.2) is 0 Å². The lowest BCUT2D eigenvalue weighted by Gasteiger charge is -2.29. The van der Waals surface area contributed by atoms with Gasteiger partial charge >= 0.3 is 0 Å². The number of rotatable bonds is 2. The maximum absolute atomic E-state index is 12.5. The average molecular weight is 276 g/mol. The van der Waals surface area contributed by atoms with Crippen LogP contribution < -0.4 is 16.3 Å². The molecule has 2 heterocycles. The third kappa shape index (κ3) is 3.04. The second kappa shape index (κ2) is 6.41. The van der Waals surface area contributed by atoms with Crippen molar-refractivity contribution >= 4 is 5.91 Å². The minimum atomic E-state index is -0.158. The van der Waals surface area contributed by atoms with Crippen molar-refractivity contribution in [3.05, 3.63) is 23.9 Å². The van der Waals surface area contributed by atoms with Crippen LogP contribution in [0.25, 0.3) is 0 Å². The second-order valence-corrected chi connectivity index (χ2v) is 5.86. The van der Waals surface area contributed by atoms with E-state index in [1.54, 1.807) is 0 Å². The number of fused-ring (bicyclic) bond motifs is 1. The number of allylic oxidation sites excluding steroid dienone is 3. The molecule has 1 amide bonds. The average Bonchev–Trinajstić information content (AvgIpc) is 2.82. The molecule has 0 spiro atoms. The summed E-state index contributed by atoms with van der Waals surface area (Å²) >= 11 is 0. The largest absolute Gasteiger partial charge is 0.324 e. The highest BCUT2D eigenvalue weighted by Gasteiger charge is 2.36. The van der Waals surface area contributed by atoms with Gasteiger partial charge in [-0.15, -0.1) is 0 Å². The number of hydrogen-bond acceptors (Lipinski definition) is 4. The van der Waals surface area contributed by atoms with Crippen molar-refractivity contribution in [2.45, 2.75) is 44.6 Å². The smallest absolute Gasteiger partial charge is 0.253 e. The topological polar surface area (TPSA) is 56.4 Å². The Hall–Kier alpha value is -1.33. The first kappa shape index (κ1) is 13.6. The van der Waals surface area contributed by atoms with Gasteiger partial charge in [0.05, 0.1) is 0 Å². The number of carbonyl (C=O) groups excluding carboxylic acids is 1. The standard InChI is InChI=1S/C15H24N4O/c20-15(18-19-10-6-3-7-11-19)14-12-8-4-1-2-5-9-13(12)16-17-14/h2,5,9,12,14,16-17H,1,3-4,6-8,10-11H2,(H,18,20). The molecule has 1 aliphatic carbocycles. The molecule has 0 radical (unpaired) electrons. The van der Waals surface area contributed by atoms with Crippen LogP contribution in [0, 0.1) is 5.92 Å². The van der Waals surface area contributed by atoms with Crippen molar-refractivity contribution in [3.63, 3.8) is 0 Å². The molecule has 2 saturated heterocycles. The van der Waals surface area contributed by atoms with Crippen LogP contribution in [0.1, 0.15) is 38.5 Å². The summed E-state index contributed by atoms with van der Waals surface area (Å²) in [4.78, 5) is 12.5. The van der Waals surface area contributed by atoms with Crippen molar-refractivity contribution in [3.8, 4) is 0 Å². The Morgan fingerprint density at radius 3 is 2.95 bits per heavy atom. The van der Waals surface area contributed by atoms with Gasteiger partial charge in [-0.1, -0.05) is 18.6 Å². The molecule has 0 saturated carbocycles. The lowest BCUT2D eigenvalue weighted by molar-refractivity contribution is -0.129. The Morgan fingerprint density at radius 2 is 2.10 bits per heavy atom. The van der Waals surface area contributed by atoms with E-state index >= 15 is 0 Å². The SMILES string of the molecule is O=C(NN1CCCCC1)C1NNC2=CC=CCCCC21. The van der Waals surface area contributed by atoms with Crippen molar-refractivity contribution in [1.29, 1.82) is 0 Å². The molecule has 3 aliphatic rings. The Labute approximate surface area is 120 Å². The van der Waals surface area contributed by atoms with Gasteiger partial charge in [-0.25, -0.2) is 10.4 Å². The highest BCUT2D eigenvalue weighted by molar-refractivity contribution is 5.82. The summed E-state index contributed by atoms with van der Waals surface area (Å²) in [6.45, 7) is 1.95. The number of piperidine rings is 1. The summed E-state index contributed by atoms with van der Waals surface area (Å²) in [5.74, 6) is 0.363. The molecular weight excluding hydrogens is 252 g/mol. The first-order valence-electron chi connectivity index (χ1n) is 7.78. The first-order chi connectivity index (χ1) is 9.84. The molecule has 3 rings (SSSR count). The van der Waals surface area contributed by atoms with E-state index in [4.69, 9.17) is 0 Å². The molecule has 2 unspecified atom stereocenters. The number of nitrogens with one attached hydrogen (secondary N) is 3. The van der Waals surface area contributed by atoms with E-state index in [1.807, 2.05) is 0 Å². The van der Waals surface area contributed by atoms with Crippen molar-refractivity contribution in [2.75, 3.05) is 13.1 Å². The van der Waals surface area contributed by atoms with Crippen LogP contribution in [-0.4, -0.2) is 30.0 Å². The summed E-state index contributed by atoms with van der Waals surface area (Å²) in [6, 6.07) is -0.158. The van der Waals surface area contributed by atoms with E-state index in [0.717, 1.165) is 38.0 Å². The Kier molecular flexibility index (Phi) is 4.38. The zero-order valence-corrected chi connectivity index (χ0v) is 11.9. The van der Waals surface area contributed by atoms with Crippen LogP contribution in [0.5, 0.6) is 0 Å². The first-order valence-corrected chi connectivity index (χ1v) is 7.78. The molecular formula is C15H24N4O. The van der Waals surface area contributed by atoms with Crippen LogP contribution in [0.4, 0.5) is 0 Å². The number of nitrogens with zero attached hydrogens (tertiary/aromatic N) is 1. The zero-order chi connectivity index (χ0) is 13.8. The molecule has 2 aliphatic heterocycles. The molecule has 2 atom stereocenters. The fraction of sp³-hybridized carbons (Fsp3) is 0.667. The maximum atomic E-state index is 12.5. The van der Waals surface area contributed by atoms with Gasteiger partial charge in [-0.05, 0) is 38.2 Å². The van der Waals surface area contributed by atoms with Gasteiger partial charge in [0.1, 0.15) is 6.04 Å². The fourth-order valence-corrected chi connectivity index (χ4v) is 3.22. The predicted octanol–water partition coefficient (Wildman–Crippen LogP) is 1.22. The molecule has 5 heteroatoms. The van der Waals surface area contributed by atoms with E-state index in [0.29, 0.717) is 0 Å². The molecule has 5 nitrogen and oxygen atoms in total. The summed E-state index contributed by atoms with van der Waals surface area (Å²) in [5.41, 5.74) is 10.5. The Balaban J connectivity index is 1.62. The molecule has 0 aromatic heterocycles. The molecule has 3 N–H and O–H groups in total. The van der Waals surface area contributed by atoms with Gasteiger partial charge < -0.3 is 5.43 Å². The molecule has 110 valence electrons. The summed E-state index contributed by atoms with van der Waals surface area (Å²) in [7, 11) is 0. The fourth-order valence-electron chi connectivity index (χ4n) is 3.22. The van der Waals surface area contributed by atoms with Gasteiger partial charge in [0.2, 0.25) is 0 Å². The second-order valence-electron chi connectivity index (χ2n) is 5.86. The number of amides is 1. The molecule has 2 fully saturated rings. The van der Waals surface area contributed by atoms with Crippen molar-refractivity contribution in [1.82, 2.24) is 21.3 Å². The highest BCUT2D eigenvalue weighted by Crippen LogP contribution is 2.26. The molecule has 20 heavy (non-hydrogen) atoms. The van der Waals surface area contributed by atoms with Gasteiger partial charge in [0.25, 0.3) is 5.91 Å². The van der Waals surface area contributed by atoms with Gasteiger partial charge in [-0.3, -0.25) is 10.2 Å². The predicted molar refractivity (Wildman–Crippen MR) is 78.2 cm³/mol. The van der Waals surface area contributed by atoms with Crippen molar-refractivity contribution < 1.29 is 4.79 Å². The van der Waals surface area contributed by atoms with E-state index < -0.39 is 0 Å². The lowest BCUT2D eigenvalue weighted by Crippen LogP contribution is -2.53. The molecule has 0 aromatic carbocycles. The van der Waals surface area contributed by atoms with Crippen LogP contribution in [0.15, 0.2) is 23.9 Å². The van der Waals surface area contributed by atoms with E-state index in [1.165, 1.54) is 19.3 Å². The van der Waals surface area contributed by atoms with E-state index in [2.05, 4.69) is 39.5 Å². The third-order valence-corrected chi connectivity index (χ3v) is 4.38. The molecule has 0 bridgehead atoms. The maximum Gasteiger partial charge on any atom is 0.253 e. The summed E-state index contributed by atoms with van der Waals surface area (Å²) in [6.07, 6.45) is 13.3. The normalized spacial score (nSPS) is 30.7. The number of hydrazine groups is 2. The van der Waals surface area contributed by atoms with Crippen LogP contribution in [-0.2, 0) is 4.79 Å². The Morgan fingerprint density at radius 1 is 1.25 bits per heavy atom. The quantitative estimate of drug-likeness (QED) is 0.710. The number of hydrogen-bond donors (Lipinski definition) is 3. The van der Waals surface area contributed by atoms with E-state index in [9.17, 15) is 4.79 Å². The van der Waals surface area contributed by atoms with E-state index in [-0.39, 0.29) is 17.9 Å². The zero-order valence-electron chi connectivity index (χ0n) is 11.9. The minimum absolute atomic E-state index is 0.0948. The Bertz CT molecular complexity index is 412. The monoisotopic (exact) mass is 276 g/mol. The third-order valence-electron chi connectivity index (χ3n) is 4.38. The van der Waals surface area contributed by atoms with Crippen LogP contribution >= 0.6 is 0 Å². The van der Waals surface area contributed by atoms with Gasteiger partial charge in [-0.2, -0.15) is 0 Å². The van der Waals surface area contributed by atoms with Crippen molar-refractivity contribution in [2.24, 2.45) is 5.92 Å². The lowest BCUT2D eigenvalue weighted by atomic mass is 9.90. The minimum Gasteiger partial charge on any atom is -0.324 e. The van der Waals surface area contributed by atoms with Gasteiger partial charge in [0, 0.05) is 24.7 Å². The summed E-state index contributed by atoms with van der Waals surface area (Å²) < 4.78 is 0. The summed E-state index contributed by atoms with van der Waals surface area (Å²) in [5, 5.41) is 2.07. The molecule has 0 aromatic rings. The van der Waals surface area contributed by atoms with Crippen LogP contribution in [0.2, 0.25) is 0 Å².